The molecule has 1 aliphatic heterocycles. The van der Waals surface area contributed by atoms with E-state index in [1.807, 2.05) is 30.1 Å². The molecule has 1 aromatic rings. The monoisotopic (exact) mass is 402 g/mol. The van der Waals surface area contributed by atoms with Crippen LogP contribution >= 0.6 is 31.9 Å². The van der Waals surface area contributed by atoms with E-state index < -0.39 is 0 Å². The molecule has 0 saturated carbocycles. The second-order valence-corrected chi connectivity index (χ2v) is 7.02. The molecule has 1 N–H and O–H groups in total. The zero-order valence-electron chi connectivity index (χ0n) is 11.7. The highest BCUT2D eigenvalue weighted by atomic mass is 79.9. The fraction of sp³-hybridized carbons (Fsp3) is 0.533. The number of nitrogens with one attached hydrogen (secondary N) is 1. The summed E-state index contributed by atoms with van der Waals surface area (Å²) in [7, 11) is 1.99. The minimum atomic E-state index is 0.130. The Balaban J connectivity index is 1.96. The summed E-state index contributed by atoms with van der Waals surface area (Å²) in [5.41, 5.74) is 0.744. The van der Waals surface area contributed by atoms with Gasteiger partial charge in [-0.25, -0.2) is 0 Å². The van der Waals surface area contributed by atoms with E-state index in [2.05, 4.69) is 37.2 Å². The molecule has 1 aliphatic rings. The second kappa shape index (κ2) is 7.57. The Bertz CT molecular complexity index is 471. The average Bonchev–Trinajstić information content (AvgIpc) is 2.47. The van der Waals surface area contributed by atoms with Crippen molar-refractivity contribution < 1.29 is 4.79 Å². The SMILES string of the molecule is CNCCC1CCN(C(=O)c2cc(Br)ccc2Br)CC1. The molecule has 1 heterocycles. The van der Waals surface area contributed by atoms with E-state index in [9.17, 15) is 4.79 Å². The van der Waals surface area contributed by atoms with Gasteiger partial charge in [-0.2, -0.15) is 0 Å². The van der Waals surface area contributed by atoms with E-state index in [4.69, 9.17) is 0 Å². The van der Waals surface area contributed by atoms with E-state index in [0.29, 0.717) is 0 Å². The van der Waals surface area contributed by atoms with Crippen LogP contribution in [0.4, 0.5) is 0 Å². The zero-order valence-corrected chi connectivity index (χ0v) is 14.8. The predicted octanol–water partition coefficient (Wildman–Crippen LogP) is 3.67. The highest BCUT2D eigenvalue weighted by Gasteiger charge is 2.24. The van der Waals surface area contributed by atoms with Gasteiger partial charge in [-0.05, 0) is 72.9 Å². The topological polar surface area (TPSA) is 32.3 Å². The van der Waals surface area contributed by atoms with Gasteiger partial charge in [-0.3, -0.25) is 4.79 Å². The van der Waals surface area contributed by atoms with Crippen molar-refractivity contribution in [1.29, 1.82) is 0 Å². The number of benzene rings is 1. The summed E-state index contributed by atoms with van der Waals surface area (Å²) < 4.78 is 1.80. The third-order valence-corrected chi connectivity index (χ3v) is 5.05. The Morgan fingerprint density at radius 2 is 2.05 bits per heavy atom. The smallest absolute Gasteiger partial charge is 0.255 e. The lowest BCUT2D eigenvalue weighted by molar-refractivity contribution is 0.0686. The van der Waals surface area contributed by atoms with Crippen LogP contribution in [0.2, 0.25) is 0 Å². The van der Waals surface area contributed by atoms with Gasteiger partial charge in [-0.15, -0.1) is 0 Å². The van der Waals surface area contributed by atoms with Crippen LogP contribution in [-0.2, 0) is 0 Å². The first kappa shape index (κ1) is 16.0. The zero-order chi connectivity index (χ0) is 14.5. The van der Waals surface area contributed by atoms with Gasteiger partial charge in [0.1, 0.15) is 0 Å². The third-order valence-electron chi connectivity index (χ3n) is 3.86. The van der Waals surface area contributed by atoms with Crippen molar-refractivity contribution in [3.8, 4) is 0 Å². The molecule has 0 radical (unpaired) electrons. The molecule has 1 aromatic carbocycles. The number of carbonyl (C=O) groups excluding carboxylic acids is 1. The molecule has 1 amide bonds. The summed E-state index contributed by atoms with van der Waals surface area (Å²) in [6.45, 7) is 2.80. The van der Waals surface area contributed by atoms with Crippen molar-refractivity contribution >= 4 is 37.8 Å². The van der Waals surface area contributed by atoms with Crippen molar-refractivity contribution in [1.82, 2.24) is 10.2 Å². The number of amides is 1. The highest BCUT2D eigenvalue weighted by Crippen LogP contribution is 2.26. The van der Waals surface area contributed by atoms with E-state index in [1.54, 1.807) is 0 Å². The molecule has 110 valence electrons. The summed E-state index contributed by atoms with van der Waals surface area (Å²) >= 11 is 6.90. The van der Waals surface area contributed by atoms with Crippen LogP contribution in [0.3, 0.4) is 0 Å². The van der Waals surface area contributed by atoms with Crippen molar-refractivity contribution in [2.24, 2.45) is 5.92 Å². The first-order valence-electron chi connectivity index (χ1n) is 7.00. The number of halogens is 2. The second-order valence-electron chi connectivity index (χ2n) is 5.25. The molecule has 2 rings (SSSR count). The molecule has 20 heavy (non-hydrogen) atoms. The Labute approximate surface area is 137 Å². The van der Waals surface area contributed by atoms with Crippen LogP contribution in [0.15, 0.2) is 27.1 Å². The van der Waals surface area contributed by atoms with Gasteiger partial charge < -0.3 is 10.2 Å². The fourth-order valence-electron chi connectivity index (χ4n) is 2.60. The maximum absolute atomic E-state index is 12.6. The summed E-state index contributed by atoms with van der Waals surface area (Å²) in [6, 6.07) is 5.74. The van der Waals surface area contributed by atoms with Gasteiger partial charge in [0.25, 0.3) is 5.91 Å². The highest BCUT2D eigenvalue weighted by molar-refractivity contribution is 9.11. The Hall–Kier alpha value is -0.390. The maximum atomic E-state index is 12.6. The standard InChI is InChI=1S/C15H20Br2N2O/c1-18-7-4-11-5-8-19(9-6-11)15(20)13-10-12(16)2-3-14(13)17/h2-3,10-11,18H,4-9H2,1H3. The number of carbonyl (C=O) groups is 1. The molecule has 0 unspecified atom stereocenters. The number of piperidine rings is 1. The van der Waals surface area contributed by atoms with E-state index >= 15 is 0 Å². The van der Waals surface area contributed by atoms with Gasteiger partial charge in [0.2, 0.25) is 0 Å². The minimum absolute atomic E-state index is 0.130. The first-order chi connectivity index (χ1) is 9.61. The Kier molecular flexibility index (Phi) is 6.05. The summed E-state index contributed by atoms with van der Waals surface area (Å²) in [5.74, 6) is 0.877. The number of hydrogen-bond acceptors (Lipinski definition) is 2. The first-order valence-corrected chi connectivity index (χ1v) is 8.59. The largest absolute Gasteiger partial charge is 0.339 e. The number of likely N-dealkylation sites (tertiary alicyclic amines) is 1. The summed E-state index contributed by atoms with van der Waals surface area (Å²) in [5, 5.41) is 3.20. The lowest BCUT2D eigenvalue weighted by Gasteiger charge is -2.32. The molecular formula is C15H20Br2N2O. The Morgan fingerprint density at radius 3 is 2.70 bits per heavy atom. The molecular weight excluding hydrogens is 384 g/mol. The predicted molar refractivity (Wildman–Crippen MR) is 89.0 cm³/mol. The van der Waals surface area contributed by atoms with E-state index in [1.165, 1.54) is 6.42 Å². The maximum Gasteiger partial charge on any atom is 0.255 e. The van der Waals surface area contributed by atoms with Crippen LogP contribution in [0.1, 0.15) is 29.6 Å². The lowest BCUT2D eigenvalue weighted by Crippen LogP contribution is -2.39. The van der Waals surface area contributed by atoms with Gasteiger partial charge >= 0.3 is 0 Å². The van der Waals surface area contributed by atoms with E-state index in [0.717, 1.165) is 52.9 Å². The third kappa shape index (κ3) is 4.06. The molecule has 0 bridgehead atoms. The normalized spacial score (nSPS) is 16.4. The molecule has 5 heteroatoms. The van der Waals surface area contributed by atoms with Crippen molar-refractivity contribution in [2.75, 3.05) is 26.7 Å². The fourth-order valence-corrected chi connectivity index (χ4v) is 3.38. The van der Waals surface area contributed by atoms with Gasteiger partial charge in [-0.1, -0.05) is 15.9 Å². The van der Waals surface area contributed by atoms with Crippen LogP contribution in [0, 0.1) is 5.92 Å². The molecule has 1 saturated heterocycles. The molecule has 0 aliphatic carbocycles. The minimum Gasteiger partial charge on any atom is -0.339 e. The Morgan fingerprint density at radius 1 is 1.35 bits per heavy atom. The molecule has 0 atom stereocenters. The number of rotatable bonds is 4. The van der Waals surface area contributed by atoms with Crippen LogP contribution in [0.25, 0.3) is 0 Å². The van der Waals surface area contributed by atoms with Crippen LogP contribution in [0.5, 0.6) is 0 Å². The lowest BCUT2D eigenvalue weighted by atomic mass is 9.93. The van der Waals surface area contributed by atoms with Crippen molar-refractivity contribution in [3.05, 3.63) is 32.7 Å². The number of nitrogens with zero attached hydrogens (tertiary/aromatic N) is 1. The van der Waals surface area contributed by atoms with E-state index in [-0.39, 0.29) is 5.91 Å². The summed E-state index contributed by atoms with van der Waals surface area (Å²) in [6.07, 6.45) is 3.43. The molecule has 3 nitrogen and oxygen atoms in total. The van der Waals surface area contributed by atoms with Crippen molar-refractivity contribution in [3.63, 3.8) is 0 Å². The number of hydrogen-bond donors (Lipinski definition) is 1. The van der Waals surface area contributed by atoms with Gasteiger partial charge in [0.05, 0.1) is 5.56 Å². The summed E-state index contributed by atoms with van der Waals surface area (Å²) in [4.78, 5) is 14.5. The average molecular weight is 404 g/mol. The van der Waals surface area contributed by atoms with Crippen LogP contribution in [-0.4, -0.2) is 37.5 Å². The van der Waals surface area contributed by atoms with Gasteiger partial charge in [0.15, 0.2) is 0 Å². The molecule has 0 aromatic heterocycles. The van der Waals surface area contributed by atoms with Crippen LogP contribution < -0.4 is 5.32 Å². The molecule has 1 fully saturated rings. The van der Waals surface area contributed by atoms with Gasteiger partial charge in [0, 0.05) is 22.0 Å². The van der Waals surface area contributed by atoms with Crippen molar-refractivity contribution in [2.45, 2.75) is 19.3 Å². The molecule has 0 spiro atoms. The quantitative estimate of drug-likeness (QED) is 0.831.